The predicted octanol–water partition coefficient (Wildman–Crippen LogP) is 4.44. The fourth-order valence-corrected chi connectivity index (χ4v) is 2.66. The molecule has 1 aliphatic rings. The van der Waals surface area contributed by atoms with E-state index in [0.29, 0.717) is 5.92 Å². The van der Waals surface area contributed by atoms with E-state index >= 15 is 0 Å². The summed E-state index contributed by atoms with van der Waals surface area (Å²) >= 11 is 6.11. The molecule has 1 unspecified atom stereocenters. The van der Waals surface area contributed by atoms with Crippen molar-refractivity contribution in [3.8, 4) is 5.75 Å². The Morgan fingerprint density at radius 2 is 2.10 bits per heavy atom. The molecule has 2 nitrogen and oxygen atoms in total. The van der Waals surface area contributed by atoms with Crippen LogP contribution in [0.25, 0.3) is 0 Å². The maximum atomic E-state index is 6.11. The number of hydrogen-bond donors (Lipinski definition) is 1. The number of nitrogens with one attached hydrogen (secondary N) is 1. The number of halogens is 2. The van der Waals surface area contributed by atoms with Crippen molar-refractivity contribution < 1.29 is 4.74 Å². The van der Waals surface area contributed by atoms with Crippen LogP contribution in [0.1, 0.15) is 39.2 Å². The Bertz CT molecular complexity index is 423. The van der Waals surface area contributed by atoms with Crippen LogP contribution in [0.4, 0.5) is 0 Å². The highest BCUT2D eigenvalue weighted by molar-refractivity contribution is 6.30. The quantitative estimate of drug-likeness (QED) is 0.890. The molecule has 0 spiro atoms. The summed E-state index contributed by atoms with van der Waals surface area (Å²) in [5.41, 5.74) is 1.23. The second-order valence-electron chi connectivity index (χ2n) is 6.41. The molecule has 114 valence electrons. The van der Waals surface area contributed by atoms with Gasteiger partial charge in [0.2, 0.25) is 0 Å². The summed E-state index contributed by atoms with van der Waals surface area (Å²) in [5, 5.41) is 4.20. The Hall–Kier alpha value is -0.440. The van der Waals surface area contributed by atoms with Crippen molar-refractivity contribution in [2.24, 2.45) is 5.92 Å². The van der Waals surface area contributed by atoms with Crippen LogP contribution >= 0.6 is 24.0 Å². The Balaban J connectivity index is 0.00000200. The van der Waals surface area contributed by atoms with Crippen molar-refractivity contribution in [3.63, 3.8) is 0 Å². The molecule has 1 aliphatic heterocycles. The van der Waals surface area contributed by atoms with Crippen molar-refractivity contribution >= 4 is 24.0 Å². The highest BCUT2D eigenvalue weighted by atomic mass is 35.5. The topological polar surface area (TPSA) is 21.3 Å². The lowest BCUT2D eigenvalue weighted by atomic mass is 9.86. The SMILES string of the molecule is CC(C)(C)c1cc(Cl)ccc1OCC1CCCNC1.Cl. The molecule has 2 rings (SSSR count). The third-order valence-electron chi connectivity index (χ3n) is 3.62. The lowest BCUT2D eigenvalue weighted by Gasteiger charge is -2.26. The zero-order valence-corrected chi connectivity index (χ0v) is 14.1. The molecule has 1 atom stereocenters. The molecule has 0 saturated carbocycles. The summed E-state index contributed by atoms with van der Waals surface area (Å²) in [6.07, 6.45) is 2.51. The summed E-state index contributed by atoms with van der Waals surface area (Å²) in [5.74, 6) is 1.60. The smallest absolute Gasteiger partial charge is 0.123 e. The maximum Gasteiger partial charge on any atom is 0.123 e. The first-order valence-corrected chi connectivity index (χ1v) is 7.48. The molecule has 0 aliphatic carbocycles. The van der Waals surface area contributed by atoms with E-state index in [1.807, 2.05) is 18.2 Å². The Labute approximate surface area is 133 Å². The number of rotatable bonds is 3. The van der Waals surface area contributed by atoms with Gasteiger partial charge in [0, 0.05) is 23.0 Å². The van der Waals surface area contributed by atoms with E-state index in [2.05, 4.69) is 26.1 Å². The first-order valence-electron chi connectivity index (χ1n) is 7.10. The van der Waals surface area contributed by atoms with Gasteiger partial charge in [-0.15, -0.1) is 12.4 Å². The number of ether oxygens (including phenoxy) is 1. The van der Waals surface area contributed by atoms with Crippen LogP contribution in [0.3, 0.4) is 0 Å². The van der Waals surface area contributed by atoms with Gasteiger partial charge >= 0.3 is 0 Å². The average Bonchev–Trinajstić information content (AvgIpc) is 2.37. The predicted molar refractivity (Wildman–Crippen MR) is 88.5 cm³/mol. The third kappa shape index (κ3) is 4.83. The maximum absolute atomic E-state index is 6.11. The first kappa shape index (κ1) is 17.6. The van der Waals surface area contributed by atoms with E-state index in [-0.39, 0.29) is 17.8 Å². The molecular formula is C16H25Cl2NO. The van der Waals surface area contributed by atoms with Crippen molar-refractivity contribution in [2.75, 3.05) is 19.7 Å². The van der Waals surface area contributed by atoms with Gasteiger partial charge in [-0.3, -0.25) is 0 Å². The van der Waals surface area contributed by atoms with E-state index in [9.17, 15) is 0 Å². The van der Waals surface area contributed by atoms with Crippen LogP contribution in [-0.2, 0) is 5.41 Å². The van der Waals surface area contributed by atoms with E-state index < -0.39 is 0 Å². The molecule has 0 radical (unpaired) electrons. The van der Waals surface area contributed by atoms with E-state index in [1.54, 1.807) is 0 Å². The molecule has 1 fully saturated rings. The first-order chi connectivity index (χ1) is 8.97. The molecule has 1 saturated heterocycles. The van der Waals surface area contributed by atoms with Gasteiger partial charge in [-0.1, -0.05) is 32.4 Å². The summed E-state index contributed by atoms with van der Waals surface area (Å²) in [4.78, 5) is 0. The zero-order chi connectivity index (χ0) is 13.9. The third-order valence-corrected chi connectivity index (χ3v) is 3.86. The van der Waals surface area contributed by atoms with Gasteiger partial charge in [0.15, 0.2) is 0 Å². The summed E-state index contributed by atoms with van der Waals surface area (Å²) in [7, 11) is 0. The summed E-state index contributed by atoms with van der Waals surface area (Å²) in [6.45, 7) is 9.57. The number of benzene rings is 1. The molecule has 1 aromatic carbocycles. The summed E-state index contributed by atoms with van der Waals surface area (Å²) < 4.78 is 6.06. The molecule has 1 heterocycles. The van der Waals surface area contributed by atoms with E-state index in [1.165, 1.54) is 18.4 Å². The van der Waals surface area contributed by atoms with Crippen molar-refractivity contribution in [1.29, 1.82) is 0 Å². The molecule has 1 N–H and O–H groups in total. The monoisotopic (exact) mass is 317 g/mol. The highest BCUT2D eigenvalue weighted by Crippen LogP contribution is 2.33. The van der Waals surface area contributed by atoms with Crippen molar-refractivity contribution in [3.05, 3.63) is 28.8 Å². The highest BCUT2D eigenvalue weighted by Gasteiger charge is 2.21. The van der Waals surface area contributed by atoms with E-state index in [0.717, 1.165) is 30.5 Å². The molecule has 1 aromatic rings. The van der Waals surface area contributed by atoms with Crippen LogP contribution < -0.4 is 10.1 Å². The fraction of sp³-hybridized carbons (Fsp3) is 0.625. The standard InChI is InChI=1S/C16H24ClNO.ClH/c1-16(2,3)14-9-13(17)6-7-15(14)19-11-12-5-4-8-18-10-12;/h6-7,9,12,18H,4-5,8,10-11H2,1-3H3;1H. The van der Waals surface area contributed by atoms with Gasteiger partial charge in [0.05, 0.1) is 6.61 Å². The second-order valence-corrected chi connectivity index (χ2v) is 6.85. The van der Waals surface area contributed by atoms with Gasteiger partial charge in [0.1, 0.15) is 5.75 Å². The van der Waals surface area contributed by atoms with Crippen molar-refractivity contribution in [1.82, 2.24) is 5.32 Å². The van der Waals surface area contributed by atoms with Crippen LogP contribution in [0.2, 0.25) is 5.02 Å². The van der Waals surface area contributed by atoms with E-state index in [4.69, 9.17) is 16.3 Å². The molecule has 0 aromatic heterocycles. The van der Waals surface area contributed by atoms with Gasteiger partial charge < -0.3 is 10.1 Å². The minimum Gasteiger partial charge on any atom is -0.493 e. The van der Waals surface area contributed by atoms with Crippen LogP contribution in [0.15, 0.2) is 18.2 Å². The van der Waals surface area contributed by atoms with Crippen LogP contribution in [0, 0.1) is 5.92 Å². The minimum atomic E-state index is 0. The Kier molecular flexibility index (Phi) is 6.63. The lowest BCUT2D eigenvalue weighted by Crippen LogP contribution is -2.33. The minimum absolute atomic E-state index is 0. The Morgan fingerprint density at radius 1 is 1.35 bits per heavy atom. The van der Waals surface area contributed by atoms with Gasteiger partial charge in [-0.25, -0.2) is 0 Å². The second kappa shape index (κ2) is 7.53. The van der Waals surface area contributed by atoms with Crippen LogP contribution in [0.5, 0.6) is 5.75 Å². The summed E-state index contributed by atoms with van der Waals surface area (Å²) in [6, 6.07) is 5.93. The fourth-order valence-electron chi connectivity index (χ4n) is 2.49. The van der Waals surface area contributed by atoms with Crippen molar-refractivity contribution in [2.45, 2.75) is 39.0 Å². The van der Waals surface area contributed by atoms with Gasteiger partial charge in [-0.05, 0) is 43.0 Å². The molecule has 0 amide bonds. The number of piperidine rings is 1. The van der Waals surface area contributed by atoms with Crippen LogP contribution in [-0.4, -0.2) is 19.7 Å². The average molecular weight is 318 g/mol. The lowest BCUT2D eigenvalue weighted by molar-refractivity contribution is 0.215. The van der Waals surface area contributed by atoms with Gasteiger partial charge in [-0.2, -0.15) is 0 Å². The largest absolute Gasteiger partial charge is 0.493 e. The molecule has 4 heteroatoms. The zero-order valence-electron chi connectivity index (χ0n) is 12.5. The normalized spacial score (nSPS) is 19.3. The molecular weight excluding hydrogens is 293 g/mol. The molecule has 20 heavy (non-hydrogen) atoms. The van der Waals surface area contributed by atoms with Gasteiger partial charge in [0.25, 0.3) is 0 Å². The number of hydrogen-bond acceptors (Lipinski definition) is 2. The Morgan fingerprint density at radius 3 is 2.70 bits per heavy atom. The molecule has 0 bridgehead atoms.